The number of para-hydroxylation sites is 1. The van der Waals surface area contributed by atoms with Crippen molar-refractivity contribution < 1.29 is 17.9 Å². The van der Waals surface area contributed by atoms with Crippen molar-refractivity contribution in [1.29, 1.82) is 0 Å². The summed E-state index contributed by atoms with van der Waals surface area (Å²) in [6, 6.07) is 7.86. The standard InChI is InChI=1S/C22H29N3O4S/c1-15(2)8-9-25-14-22-13-24(11-16(29-22)10-20(22)30(25,27)28)21(26)18-12-23(3)19-7-5-4-6-17(18)19/h4-7,12,15-16,20H,8-11,13-14H2,1-3H3/t16-,20-,22-/m1/s1. The third-order valence-electron chi connectivity index (χ3n) is 6.88. The van der Waals surface area contributed by atoms with Gasteiger partial charge in [-0.15, -0.1) is 0 Å². The summed E-state index contributed by atoms with van der Waals surface area (Å²) in [7, 11) is -1.46. The molecule has 0 unspecified atom stereocenters. The average molecular weight is 432 g/mol. The molecule has 5 rings (SSSR count). The molecule has 2 bridgehead atoms. The molecule has 0 N–H and O–H groups in total. The molecule has 3 saturated heterocycles. The Morgan fingerprint density at radius 1 is 1.27 bits per heavy atom. The third kappa shape index (κ3) is 2.92. The van der Waals surface area contributed by atoms with E-state index in [9.17, 15) is 13.2 Å². The van der Waals surface area contributed by atoms with Crippen molar-refractivity contribution in [2.75, 3.05) is 26.2 Å². The summed E-state index contributed by atoms with van der Waals surface area (Å²) in [6.45, 7) is 5.83. The second-order valence-corrected chi connectivity index (χ2v) is 11.6. The first-order valence-electron chi connectivity index (χ1n) is 10.7. The van der Waals surface area contributed by atoms with Crippen molar-refractivity contribution in [3.05, 3.63) is 36.0 Å². The van der Waals surface area contributed by atoms with Crippen LogP contribution in [-0.4, -0.2) is 71.2 Å². The minimum atomic E-state index is -3.40. The molecule has 0 aliphatic carbocycles. The van der Waals surface area contributed by atoms with Crippen molar-refractivity contribution in [2.24, 2.45) is 13.0 Å². The van der Waals surface area contributed by atoms with E-state index in [2.05, 4.69) is 13.8 Å². The molecule has 4 heterocycles. The lowest BCUT2D eigenvalue weighted by molar-refractivity contribution is -0.0977. The highest BCUT2D eigenvalue weighted by Crippen LogP contribution is 2.47. The van der Waals surface area contributed by atoms with E-state index >= 15 is 0 Å². The van der Waals surface area contributed by atoms with Gasteiger partial charge >= 0.3 is 0 Å². The Kier molecular flexibility index (Phi) is 4.54. The quantitative estimate of drug-likeness (QED) is 0.744. The Labute approximate surface area is 177 Å². The molecule has 1 spiro atoms. The van der Waals surface area contributed by atoms with Crippen LogP contribution >= 0.6 is 0 Å². The van der Waals surface area contributed by atoms with Gasteiger partial charge in [-0.05, 0) is 24.8 Å². The predicted molar refractivity (Wildman–Crippen MR) is 115 cm³/mol. The van der Waals surface area contributed by atoms with Crippen LogP contribution in [0.2, 0.25) is 0 Å². The fraction of sp³-hybridized carbons (Fsp3) is 0.591. The molecule has 3 aliphatic rings. The topological polar surface area (TPSA) is 71.8 Å². The molecule has 162 valence electrons. The Hall–Kier alpha value is -1.90. The normalized spacial score (nSPS) is 30.3. The number of carbonyl (C=O) groups is 1. The molecule has 3 aliphatic heterocycles. The molecule has 3 atom stereocenters. The molecular weight excluding hydrogens is 402 g/mol. The van der Waals surface area contributed by atoms with E-state index in [1.54, 1.807) is 4.31 Å². The highest BCUT2D eigenvalue weighted by Gasteiger charge is 2.65. The monoisotopic (exact) mass is 431 g/mol. The summed E-state index contributed by atoms with van der Waals surface area (Å²) in [5, 5.41) is 0.378. The number of aryl methyl sites for hydroxylation is 1. The van der Waals surface area contributed by atoms with Crippen molar-refractivity contribution in [2.45, 2.75) is 43.6 Å². The first-order chi connectivity index (χ1) is 14.2. The average Bonchev–Trinajstić information content (AvgIpc) is 3.24. The van der Waals surface area contributed by atoms with E-state index < -0.39 is 20.9 Å². The van der Waals surface area contributed by atoms with Crippen molar-refractivity contribution >= 4 is 26.8 Å². The van der Waals surface area contributed by atoms with Crippen LogP contribution in [0.15, 0.2) is 30.5 Å². The molecule has 3 fully saturated rings. The zero-order valence-electron chi connectivity index (χ0n) is 17.7. The summed E-state index contributed by atoms with van der Waals surface area (Å²) in [6.07, 6.45) is 2.95. The molecule has 8 heteroatoms. The van der Waals surface area contributed by atoms with Gasteiger partial charge in [0.2, 0.25) is 10.0 Å². The number of fused-ring (bicyclic) bond motifs is 2. The van der Waals surface area contributed by atoms with E-state index in [1.807, 2.05) is 47.0 Å². The van der Waals surface area contributed by atoms with E-state index in [0.717, 1.165) is 17.3 Å². The van der Waals surface area contributed by atoms with Crippen LogP contribution in [0, 0.1) is 5.92 Å². The second kappa shape index (κ2) is 6.80. The van der Waals surface area contributed by atoms with E-state index in [1.165, 1.54) is 0 Å². The number of aromatic nitrogens is 1. The number of amides is 1. The molecule has 1 amide bonds. The number of hydrogen-bond acceptors (Lipinski definition) is 4. The van der Waals surface area contributed by atoms with Crippen LogP contribution in [0.3, 0.4) is 0 Å². The molecule has 2 aromatic rings. The van der Waals surface area contributed by atoms with E-state index in [-0.39, 0.29) is 12.0 Å². The number of nitrogens with zero attached hydrogens (tertiary/aromatic N) is 3. The van der Waals surface area contributed by atoms with Gasteiger partial charge in [-0.1, -0.05) is 32.0 Å². The minimum absolute atomic E-state index is 0.0434. The van der Waals surface area contributed by atoms with Gasteiger partial charge in [0.1, 0.15) is 10.9 Å². The highest BCUT2D eigenvalue weighted by molar-refractivity contribution is 7.90. The van der Waals surface area contributed by atoms with Crippen molar-refractivity contribution in [3.63, 3.8) is 0 Å². The highest BCUT2D eigenvalue weighted by atomic mass is 32.2. The maximum Gasteiger partial charge on any atom is 0.256 e. The van der Waals surface area contributed by atoms with Gasteiger partial charge in [-0.3, -0.25) is 4.79 Å². The van der Waals surface area contributed by atoms with Crippen LogP contribution in [0.5, 0.6) is 0 Å². The first-order valence-corrected chi connectivity index (χ1v) is 12.2. The van der Waals surface area contributed by atoms with Crippen LogP contribution < -0.4 is 0 Å². The maximum atomic E-state index is 13.5. The minimum Gasteiger partial charge on any atom is -0.365 e. The molecule has 7 nitrogen and oxygen atoms in total. The number of likely N-dealkylation sites (tertiary alicyclic amines) is 1. The van der Waals surface area contributed by atoms with Gasteiger partial charge in [-0.2, -0.15) is 4.31 Å². The zero-order valence-corrected chi connectivity index (χ0v) is 18.6. The smallest absolute Gasteiger partial charge is 0.256 e. The lowest BCUT2D eigenvalue weighted by atomic mass is 9.98. The number of benzene rings is 1. The van der Waals surface area contributed by atoms with Crippen LogP contribution in [0.1, 0.15) is 37.0 Å². The Morgan fingerprint density at radius 2 is 2.03 bits per heavy atom. The number of sulfonamides is 1. The largest absolute Gasteiger partial charge is 0.365 e. The van der Waals surface area contributed by atoms with Crippen molar-refractivity contribution in [1.82, 2.24) is 13.8 Å². The molecule has 30 heavy (non-hydrogen) atoms. The predicted octanol–water partition coefficient (Wildman–Crippen LogP) is 2.22. The lowest BCUT2D eigenvalue weighted by Crippen LogP contribution is -2.56. The lowest BCUT2D eigenvalue weighted by Gasteiger charge is -2.39. The summed E-state index contributed by atoms with van der Waals surface area (Å²) in [5.41, 5.74) is 0.871. The Bertz CT molecular complexity index is 1110. The van der Waals surface area contributed by atoms with Gasteiger partial charge in [0.25, 0.3) is 5.91 Å². The van der Waals surface area contributed by atoms with Crippen molar-refractivity contribution in [3.8, 4) is 0 Å². The second-order valence-electron chi connectivity index (χ2n) is 9.45. The van der Waals surface area contributed by atoms with Gasteiger partial charge in [-0.25, -0.2) is 8.42 Å². The number of carbonyl (C=O) groups excluding carboxylic acids is 1. The molecule has 0 radical (unpaired) electrons. The maximum absolute atomic E-state index is 13.5. The van der Waals surface area contributed by atoms with E-state index in [4.69, 9.17) is 4.74 Å². The Balaban J connectivity index is 1.44. The van der Waals surface area contributed by atoms with E-state index in [0.29, 0.717) is 44.1 Å². The SMILES string of the molecule is CC(C)CCN1C[C@]23CN(C(=O)c4cn(C)c5ccccc45)C[C@@H](C[C@H]2S1(=O)=O)O3. The van der Waals surface area contributed by atoms with Crippen LogP contribution in [0.25, 0.3) is 10.9 Å². The zero-order chi connectivity index (χ0) is 21.3. The molecule has 0 saturated carbocycles. The summed E-state index contributed by atoms with van der Waals surface area (Å²) in [4.78, 5) is 15.3. The number of hydrogen-bond donors (Lipinski definition) is 0. The third-order valence-corrected chi connectivity index (χ3v) is 9.25. The Morgan fingerprint density at radius 3 is 2.80 bits per heavy atom. The van der Waals surface area contributed by atoms with Gasteiger partial charge in [0.15, 0.2) is 0 Å². The molecule has 1 aromatic heterocycles. The fourth-order valence-corrected chi connectivity index (χ4v) is 7.71. The summed E-state index contributed by atoms with van der Waals surface area (Å²) >= 11 is 0. The van der Waals surface area contributed by atoms with Gasteiger partial charge < -0.3 is 14.2 Å². The fourth-order valence-electron chi connectivity index (χ4n) is 5.39. The first kappa shape index (κ1) is 20.0. The summed E-state index contributed by atoms with van der Waals surface area (Å²) in [5.74, 6) is 0.390. The van der Waals surface area contributed by atoms with Crippen LogP contribution in [0.4, 0.5) is 0 Å². The summed E-state index contributed by atoms with van der Waals surface area (Å²) < 4.78 is 36.2. The number of ether oxygens (including phenoxy) is 1. The number of morpholine rings is 1. The van der Waals surface area contributed by atoms with Gasteiger partial charge in [0.05, 0.1) is 18.2 Å². The molecular formula is C22H29N3O4S. The van der Waals surface area contributed by atoms with Gasteiger partial charge in [0, 0.05) is 43.8 Å². The number of rotatable bonds is 4. The molecule has 1 aromatic carbocycles. The van der Waals surface area contributed by atoms with Crippen LogP contribution in [-0.2, 0) is 21.8 Å².